The first-order valence-electron chi connectivity index (χ1n) is 10.7. The first-order valence-corrected chi connectivity index (χ1v) is 11.5. The van der Waals surface area contributed by atoms with Crippen LogP contribution < -0.4 is 15.4 Å². The molecule has 0 saturated heterocycles. The Kier molecular flexibility index (Phi) is 6.74. The Morgan fingerprint density at radius 2 is 1.85 bits per heavy atom. The maximum Gasteiger partial charge on any atom is 0.291 e. The zero-order valence-electron chi connectivity index (χ0n) is 19.0. The van der Waals surface area contributed by atoms with Crippen molar-refractivity contribution in [2.24, 2.45) is 0 Å². The number of rotatable bonds is 8. The summed E-state index contributed by atoms with van der Waals surface area (Å²) in [5.41, 5.74) is 3.56. The summed E-state index contributed by atoms with van der Waals surface area (Å²) in [5.74, 6) is 1.20. The predicted molar refractivity (Wildman–Crippen MR) is 130 cm³/mol. The van der Waals surface area contributed by atoms with Crippen molar-refractivity contribution >= 4 is 28.2 Å². The smallest absolute Gasteiger partial charge is 0.291 e. The Balaban J connectivity index is 1.81. The van der Waals surface area contributed by atoms with Gasteiger partial charge in [0.05, 0.1) is 19.4 Å². The van der Waals surface area contributed by atoms with E-state index in [2.05, 4.69) is 33.6 Å². The third kappa shape index (κ3) is 5.06. The molecule has 4 rings (SSSR count). The maximum absolute atomic E-state index is 12.8. The Morgan fingerprint density at radius 3 is 2.52 bits per heavy atom. The lowest BCUT2D eigenvalue weighted by Crippen LogP contribution is -2.18. The van der Waals surface area contributed by atoms with Gasteiger partial charge in [-0.2, -0.15) is 0 Å². The fraction of sp³-hybridized carbons (Fsp3) is 0.240. The van der Waals surface area contributed by atoms with E-state index >= 15 is 0 Å². The Labute approximate surface area is 196 Å². The number of methoxy groups -OCH3 is 1. The van der Waals surface area contributed by atoms with E-state index in [9.17, 15) is 4.79 Å². The lowest BCUT2D eigenvalue weighted by Gasteiger charge is -2.22. The zero-order chi connectivity index (χ0) is 23.4. The van der Waals surface area contributed by atoms with Crippen LogP contribution in [0.25, 0.3) is 0 Å². The Morgan fingerprint density at radius 1 is 1.09 bits per heavy atom. The minimum atomic E-state index is -0.356. The summed E-state index contributed by atoms with van der Waals surface area (Å²) in [4.78, 5) is 23.1. The fourth-order valence-electron chi connectivity index (χ4n) is 3.66. The number of furan rings is 1. The molecule has 0 fully saturated rings. The van der Waals surface area contributed by atoms with Gasteiger partial charge in [-0.3, -0.25) is 4.79 Å². The molecule has 4 aromatic rings. The van der Waals surface area contributed by atoms with Crippen molar-refractivity contribution in [3.05, 3.63) is 87.9 Å². The summed E-state index contributed by atoms with van der Waals surface area (Å²) in [5, 5.41) is 7.25. The largest absolute Gasteiger partial charge is 0.496 e. The fourth-order valence-corrected chi connectivity index (χ4v) is 4.70. The van der Waals surface area contributed by atoms with Gasteiger partial charge in [0, 0.05) is 27.4 Å². The van der Waals surface area contributed by atoms with Gasteiger partial charge in [0.1, 0.15) is 10.8 Å². The first kappa shape index (κ1) is 22.5. The average Bonchev–Trinajstić information content (AvgIpc) is 3.47. The predicted octanol–water partition coefficient (Wildman–Crippen LogP) is 5.77. The normalized spacial score (nSPS) is 11.8. The van der Waals surface area contributed by atoms with E-state index in [1.165, 1.54) is 6.26 Å². The van der Waals surface area contributed by atoms with E-state index in [1.54, 1.807) is 30.6 Å². The molecule has 0 saturated carbocycles. The van der Waals surface area contributed by atoms with Crippen LogP contribution in [0.5, 0.6) is 5.75 Å². The third-order valence-corrected chi connectivity index (χ3v) is 6.36. The summed E-state index contributed by atoms with van der Waals surface area (Å²) in [6.07, 6.45) is 2.32. The number of nitrogens with zero attached hydrogens (tertiary/aromatic N) is 2. The number of carbonyl (C=O) groups excluding carboxylic acids is 1. The van der Waals surface area contributed by atoms with Gasteiger partial charge in [-0.1, -0.05) is 25.1 Å². The second kappa shape index (κ2) is 9.87. The number of nitrogens with one attached hydrogen (secondary N) is 2. The molecule has 0 bridgehead atoms. The number of hydrogen-bond donors (Lipinski definition) is 2. The van der Waals surface area contributed by atoms with Crippen molar-refractivity contribution in [1.82, 2.24) is 9.97 Å². The number of para-hydroxylation sites is 1. The van der Waals surface area contributed by atoms with Crippen LogP contribution in [0.4, 0.5) is 10.9 Å². The molecule has 3 heterocycles. The summed E-state index contributed by atoms with van der Waals surface area (Å²) in [6, 6.07) is 14.8. The summed E-state index contributed by atoms with van der Waals surface area (Å²) in [7, 11) is 1.65. The number of hydrogen-bond acceptors (Lipinski definition) is 7. The number of aromatic nitrogens is 2. The van der Waals surface area contributed by atoms with Gasteiger partial charge in [0.15, 0.2) is 5.76 Å². The topological polar surface area (TPSA) is 89.3 Å². The van der Waals surface area contributed by atoms with E-state index in [0.29, 0.717) is 5.95 Å². The van der Waals surface area contributed by atoms with Crippen molar-refractivity contribution in [2.75, 3.05) is 17.7 Å². The molecule has 0 unspecified atom stereocenters. The third-order valence-electron chi connectivity index (χ3n) is 5.15. The van der Waals surface area contributed by atoms with Crippen LogP contribution in [0.1, 0.15) is 50.9 Å². The molecule has 33 heavy (non-hydrogen) atoms. The molecule has 170 valence electrons. The Bertz CT molecular complexity index is 1230. The highest BCUT2D eigenvalue weighted by Crippen LogP contribution is 2.40. The van der Waals surface area contributed by atoms with Gasteiger partial charge >= 0.3 is 0 Å². The van der Waals surface area contributed by atoms with E-state index in [0.717, 1.165) is 44.6 Å². The standard InChI is InChI=1S/C25H26N4O3S/c1-5-17-14-19(24(33-17)29-23(30)21-11-8-12-32-21)22(18-9-6-7-10-20(18)31-4)28-25-26-15(2)13-16(3)27-25/h6-14,22H,5H2,1-4H3,(H,29,30)(H,26,27,28)/t22-/m0/s1. The van der Waals surface area contributed by atoms with E-state index in [-0.39, 0.29) is 17.7 Å². The molecular formula is C25H26N4O3S. The van der Waals surface area contributed by atoms with Gasteiger partial charge in [-0.05, 0) is 50.6 Å². The highest BCUT2D eigenvalue weighted by atomic mass is 32.1. The lowest BCUT2D eigenvalue weighted by atomic mass is 9.98. The highest BCUT2D eigenvalue weighted by molar-refractivity contribution is 7.16. The number of aryl methyl sites for hydroxylation is 3. The molecule has 0 spiro atoms. The molecule has 0 aliphatic heterocycles. The first-order chi connectivity index (χ1) is 16.0. The lowest BCUT2D eigenvalue weighted by molar-refractivity contribution is 0.0997. The van der Waals surface area contributed by atoms with Gasteiger partial charge < -0.3 is 19.8 Å². The molecule has 1 aromatic carbocycles. The van der Waals surface area contributed by atoms with Crippen LogP contribution in [0.2, 0.25) is 0 Å². The second-order valence-corrected chi connectivity index (χ2v) is 8.71. The number of carbonyl (C=O) groups is 1. The molecule has 8 heteroatoms. The van der Waals surface area contributed by atoms with Gasteiger partial charge in [0.2, 0.25) is 5.95 Å². The molecule has 7 nitrogen and oxygen atoms in total. The van der Waals surface area contributed by atoms with Crippen molar-refractivity contribution in [3.63, 3.8) is 0 Å². The van der Waals surface area contributed by atoms with E-state index < -0.39 is 0 Å². The monoisotopic (exact) mass is 462 g/mol. The van der Waals surface area contributed by atoms with Crippen LogP contribution in [0.15, 0.2) is 59.2 Å². The number of benzene rings is 1. The van der Waals surface area contributed by atoms with Crippen LogP contribution in [0, 0.1) is 13.8 Å². The van der Waals surface area contributed by atoms with Crippen LogP contribution >= 0.6 is 11.3 Å². The number of anilines is 2. The molecule has 0 radical (unpaired) electrons. The van der Waals surface area contributed by atoms with E-state index in [1.807, 2.05) is 44.2 Å². The summed E-state index contributed by atoms with van der Waals surface area (Å²) >= 11 is 1.54. The van der Waals surface area contributed by atoms with E-state index in [4.69, 9.17) is 9.15 Å². The summed E-state index contributed by atoms with van der Waals surface area (Å²) in [6.45, 7) is 5.96. The van der Waals surface area contributed by atoms with Crippen molar-refractivity contribution in [1.29, 1.82) is 0 Å². The molecule has 1 amide bonds. The van der Waals surface area contributed by atoms with Gasteiger partial charge in [-0.25, -0.2) is 9.97 Å². The molecule has 0 aliphatic rings. The Hall–Kier alpha value is -3.65. The molecule has 3 aromatic heterocycles. The zero-order valence-corrected chi connectivity index (χ0v) is 19.8. The number of amides is 1. The second-order valence-electron chi connectivity index (χ2n) is 7.58. The number of thiophene rings is 1. The van der Waals surface area contributed by atoms with Gasteiger partial charge in [0.25, 0.3) is 5.91 Å². The molecule has 1 atom stereocenters. The number of ether oxygens (including phenoxy) is 1. The molecular weight excluding hydrogens is 436 g/mol. The minimum Gasteiger partial charge on any atom is -0.496 e. The van der Waals surface area contributed by atoms with Crippen LogP contribution in [0.3, 0.4) is 0 Å². The molecule has 2 N–H and O–H groups in total. The van der Waals surface area contributed by atoms with Crippen molar-refractivity contribution in [3.8, 4) is 5.75 Å². The SMILES string of the molecule is CCc1cc([C@@H](Nc2nc(C)cc(C)n2)c2ccccc2OC)c(NC(=O)c2ccco2)s1. The highest BCUT2D eigenvalue weighted by Gasteiger charge is 2.26. The van der Waals surface area contributed by atoms with Crippen molar-refractivity contribution < 1.29 is 13.9 Å². The molecule has 0 aliphatic carbocycles. The van der Waals surface area contributed by atoms with Gasteiger partial charge in [-0.15, -0.1) is 11.3 Å². The minimum absolute atomic E-state index is 0.256. The van der Waals surface area contributed by atoms with Crippen LogP contribution in [-0.2, 0) is 6.42 Å². The maximum atomic E-state index is 12.8. The van der Waals surface area contributed by atoms with Crippen LogP contribution in [-0.4, -0.2) is 23.0 Å². The van der Waals surface area contributed by atoms with Crippen molar-refractivity contribution in [2.45, 2.75) is 33.2 Å². The quantitative estimate of drug-likeness (QED) is 0.345. The summed E-state index contributed by atoms with van der Waals surface area (Å²) < 4.78 is 10.9. The average molecular weight is 463 g/mol.